The monoisotopic (exact) mass is 275 g/mol. The fraction of sp³-hybridized carbons (Fsp3) is 0.706. The molecule has 3 heteroatoms. The maximum atomic E-state index is 6.02. The van der Waals surface area contributed by atoms with Gasteiger partial charge in [-0.05, 0) is 36.8 Å². The van der Waals surface area contributed by atoms with Crippen molar-refractivity contribution in [2.24, 2.45) is 11.1 Å². The molecule has 3 nitrogen and oxygen atoms in total. The lowest BCUT2D eigenvalue weighted by Crippen LogP contribution is -2.39. The molecule has 1 atom stereocenters. The molecule has 20 heavy (non-hydrogen) atoms. The van der Waals surface area contributed by atoms with Gasteiger partial charge < -0.3 is 10.6 Å². The first-order valence-electron chi connectivity index (χ1n) is 8.10. The average molecular weight is 275 g/mol. The minimum Gasteiger partial charge on any atom is -0.370 e. The van der Waals surface area contributed by atoms with E-state index in [0.717, 1.165) is 25.2 Å². The molecule has 0 unspecified atom stereocenters. The van der Waals surface area contributed by atoms with Crippen molar-refractivity contribution < 1.29 is 0 Å². The first-order chi connectivity index (χ1) is 9.64. The Morgan fingerprint density at radius 2 is 1.85 bits per heavy atom. The van der Waals surface area contributed by atoms with Crippen LogP contribution in [0.4, 0.5) is 5.69 Å². The van der Waals surface area contributed by atoms with Crippen LogP contribution in [-0.4, -0.2) is 18.1 Å². The van der Waals surface area contributed by atoms with Gasteiger partial charge >= 0.3 is 0 Å². The summed E-state index contributed by atoms with van der Waals surface area (Å²) in [4.78, 5) is 7.00. The topological polar surface area (TPSA) is 42.1 Å². The molecule has 1 aliphatic rings. The molecular formula is C17H29N3. The van der Waals surface area contributed by atoms with Crippen molar-refractivity contribution in [3.63, 3.8) is 0 Å². The van der Waals surface area contributed by atoms with Crippen molar-refractivity contribution in [3.8, 4) is 0 Å². The van der Waals surface area contributed by atoms with Crippen molar-refractivity contribution in [2.75, 3.05) is 18.0 Å². The SMILES string of the molecule is CC[C@H](N)c1ccc(N2CCC(CC)(CC)CC2)cn1. The number of pyridine rings is 1. The molecule has 0 bridgehead atoms. The van der Waals surface area contributed by atoms with Crippen LogP contribution in [0, 0.1) is 5.41 Å². The summed E-state index contributed by atoms with van der Waals surface area (Å²) >= 11 is 0. The van der Waals surface area contributed by atoms with Gasteiger partial charge in [0.1, 0.15) is 0 Å². The van der Waals surface area contributed by atoms with E-state index in [1.165, 1.54) is 31.4 Å². The van der Waals surface area contributed by atoms with Crippen molar-refractivity contribution >= 4 is 5.69 Å². The molecule has 0 saturated carbocycles. The van der Waals surface area contributed by atoms with E-state index in [1.54, 1.807) is 0 Å². The second-order valence-corrected chi connectivity index (χ2v) is 6.15. The highest BCUT2D eigenvalue weighted by Gasteiger charge is 2.31. The average Bonchev–Trinajstić information content (AvgIpc) is 2.54. The van der Waals surface area contributed by atoms with Crippen LogP contribution in [0.1, 0.15) is 64.6 Å². The summed E-state index contributed by atoms with van der Waals surface area (Å²) in [5.41, 5.74) is 8.85. The number of nitrogens with zero attached hydrogens (tertiary/aromatic N) is 2. The molecular weight excluding hydrogens is 246 g/mol. The summed E-state index contributed by atoms with van der Waals surface area (Å²) in [5.74, 6) is 0. The maximum Gasteiger partial charge on any atom is 0.0572 e. The standard InChI is InChI=1S/C17H29N3/c1-4-15(18)16-8-7-14(13-19-16)20-11-9-17(5-2,6-3)10-12-20/h7-8,13,15H,4-6,9-12,18H2,1-3H3/t15-/m0/s1. The van der Waals surface area contributed by atoms with Crippen molar-refractivity contribution in [2.45, 2.75) is 58.9 Å². The molecule has 1 aliphatic heterocycles. The predicted octanol–water partition coefficient (Wildman–Crippen LogP) is 3.90. The second-order valence-electron chi connectivity index (χ2n) is 6.15. The molecule has 0 spiro atoms. The number of piperidine rings is 1. The fourth-order valence-electron chi connectivity index (χ4n) is 3.21. The number of hydrogen-bond donors (Lipinski definition) is 1. The highest BCUT2D eigenvalue weighted by Crippen LogP contribution is 2.39. The number of rotatable bonds is 5. The van der Waals surface area contributed by atoms with E-state index in [0.29, 0.717) is 5.41 Å². The minimum atomic E-state index is 0.0678. The lowest BCUT2D eigenvalue weighted by Gasteiger charge is -2.42. The highest BCUT2D eigenvalue weighted by molar-refractivity contribution is 5.45. The quantitative estimate of drug-likeness (QED) is 0.886. The summed E-state index contributed by atoms with van der Waals surface area (Å²) in [6, 6.07) is 4.34. The predicted molar refractivity (Wildman–Crippen MR) is 85.9 cm³/mol. The zero-order chi connectivity index (χ0) is 14.6. The Hall–Kier alpha value is -1.09. The minimum absolute atomic E-state index is 0.0678. The molecule has 1 aromatic rings. The van der Waals surface area contributed by atoms with Crippen LogP contribution in [0.2, 0.25) is 0 Å². The van der Waals surface area contributed by atoms with Gasteiger partial charge in [-0.15, -0.1) is 0 Å². The molecule has 1 fully saturated rings. The van der Waals surface area contributed by atoms with Crippen LogP contribution in [-0.2, 0) is 0 Å². The lowest BCUT2D eigenvalue weighted by molar-refractivity contribution is 0.199. The smallest absolute Gasteiger partial charge is 0.0572 e. The Balaban J connectivity index is 2.00. The third-order valence-electron chi connectivity index (χ3n) is 5.28. The zero-order valence-electron chi connectivity index (χ0n) is 13.2. The van der Waals surface area contributed by atoms with Crippen LogP contribution in [0.5, 0.6) is 0 Å². The lowest BCUT2D eigenvalue weighted by atomic mass is 9.74. The van der Waals surface area contributed by atoms with E-state index in [-0.39, 0.29) is 6.04 Å². The van der Waals surface area contributed by atoms with Gasteiger partial charge in [0.2, 0.25) is 0 Å². The molecule has 2 heterocycles. The Morgan fingerprint density at radius 1 is 1.20 bits per heavy atom. The normalized spacial score (nSPS) is 19.9. The van der Waals surface area contributed by atoms with Gasteiger partial charge in [0, 0.05) is 19.1 Å². The molecule has 1 aromatic heterocycles. The fourth-order valence-corrected chi connectivity index (χ4v) is 3.21. The Bertz CT molecular complexity index is 399. The van der Waals surface area contributed by atoms with Gasteiger partial charge in [0.15, 0.2) is 0 Å². The van der Waals surface area contributed by atoms with Crippen LogP contribution in [0.3, 0.4) is 0 Å². The maximum absolute atomic E-state index is 6.02. The van der Waals surface area contributed by atoms with Crippen molar-refractivity contribution in [3.05, 3.63) is 24.0 Å². The molecule has 2 N–H and O–H groups in total. The van der Waals surface area contributed by atoms with E-state index in [2.05, 4.69) is 42.8 Å². The Morgan fingerprint density at radius 3 is 2.30 bits per heavy atom. The Kier molecular flexibility index (Phi) is 5.03. The van der Waals surface area contributed by atoms with E-state index < -0.39 is 0 Å². The third-order valence-corrected chi connectivity index (χ3v) is 5.28. The number of hydrogen-bond acceptors (Lipinski definition) is 3. The molecule has 2 rings (SSSR count). The first kappa shape index (κ1) is 15.3. The summed E-state index contributed by atoms with van der Waals surface area (Å²) in [6.07, 6.45) is 8.15. The molecule has 0 aliphatic carbocycles. The Labute approximate surface area is 123 Å². The van der Waals surface area contributed by atoms with Crippen LogP contribution in [0.25, 0.3) is 0 Å². The van der Waals surface area contributed by atoms with Crippen LogP contribution < -0.4 is 10.6 Å². The molecule has 0 radical (unpaired) electrons. The third kappa shape index (κ3) is 3.14. The van der Waals surface area contributed by atoms with Gasteiger partial charge in [-0.1, -0.05) is 33.6 Å². The summed E-state index contributed by atoms with van der Waals surface area (Å²) in [6.45, 7) is 9.08. The van der Waals surface area contributed by atoms with Gasteiger partial charge in [-0.2, -0.15) is 0 Å². The van der Waals surface area contributed by atoms with Crippen molar-refractivity contribution in [1.29, 1.82) is 0 Å². The van der Waals surface area contributed by atoms with Crippen LogP contribution >= 0.6 is 0 Å². The van der Waals surface area contributed by atoms with E-state index in [9.17, 15) is 0 Å². The zero-order valence-corrected chi connectivity index (χ0v) is 13.2. The van der Waals surface area contributed by atoms with Gasteiger partial charge in [0.25, 0.3) is 0 Å². The van der Waals surface area contributed by atoms with Crippen molar-refractivity contribution in [1.82, 2.24) is 4.98 Å². The van der Waals surface area contributed by atoms with Gasteiger partial charge in [0.05, 0.1) is 17.6 Å². The number of anilines is 1. The molecule has 1 saturated heterocycles. The first-order valence-corrected chi connectivity index (χ1v) is 8.10. The molecule has 0 amide bonds. The summed E-state index contributed by atoms with van der Waals surface area (Å²) in [7, 11) is 0. The summed E-state index contributed by atoms with van der Waals surface area (Å²) in [5, 5.41) is 0. The van der Waals surface area contributed by atoms with E-state index in [1.807, 2.05) is 6.20 Å². The van der Waals surface area contributed by atoms with Gasteiger partial charge in [-0.3, -0.25) is 4.98 Å². The highest BCUT2D eigenvalue weighted by atomic mass is 15.1. The summed E-state index contributed by atoms with van der Waals surface area (Å²) < 4.78 is 0. The second kappa shape index (κ2) is 6.57. The molecule has 0 aromatic carbocycles. The molecule has 112 valence electrons. The van der Waals surface area contributed by atoms with E-state index in [4.69, 9.17) is 5.73 Å². The van der Waals surface area contributed by atoms with Gasteiger partial charge in [-0.25, -0.2) is 0 Å². The van der Waals surface area contributed by atoms with E-state index >= 15 is 0 Å². The largest absolute Gasteiger partial charge is 0.370 e. The van der Waals surface area contributed by atoms with Crippen LogP contribution in [0.15, 0.2) is 18.3 Å². The number of aromatic nitrogens is 1. The number of nitrogens with two attached hydrogens (primary N) is 1.